The van der Waals surface area contributed by atoms with Gasteiger partial charge in [-0.3, -0.25) is 4.90 Å². The van der Waals surface area contributed by atoms with E-state index in [9.17, 15) is 0 Å². The van der Waals surface area contributed by atoms with E-state index in [1.807, 2.05) is 0 Å². The number of morpholine rings is 1. The van der Waals surface area contributed by atoms with Gasteiger partial charge in [-0.25, -0.2) is 0 Å². The van der Waals surface area contributed by atoms with E-state index in [0.29, 0.717) is 6.04 Å². The van der Waals surface area contributed by atoms with Crippen LogP contribution < -0.4 is 0 Å². The summed E-state index contributed by atoms with van der Waals surface area (Å²) < 4.78 is 6.06. The number of nitrogens with zero attached hydrogens (tertiary/aromatic N) is 2. The molecule has 2 rings (SSSR count). The van der Waals surface area contributed by atoms with Gasteiger partial charge in [0.2, 0.25) is 0 Å². The molecule has 0 aliphatic carbocycles. The van der Waals surface area contributed by atoms with E-state index in [-0.39, 0.29) is 11.1 Å². The van der Waals surface area contributed by atoms with Crippen LogP contribution in [-0.2, 0) is 4.74 Å². The molecule has 3 heteroatoms. The smallest absolute Gasteiger partial charge is 0.0973 e. The van der Waals surface area contributed by atoms with E-state index >= 15 is 0 Å². The molecule has 0 unspecified atom stereocenters. The molecule has 0 N–H and O–H groups in total. The Hall–Kier alpha value is -0.120. The van der Waals surface area contributed by atoms with E-state index in [2.05, 4.69) is 44.5 Å². The molecule has 2 atom stereocenters. The summed E-state index contributed by atoms with van der Waals surface area (Å²) in [5.41, 5.74) is 0.179. The summed E-state index contributed by atoms with van der Waals surface area (Å²) in [6.45, 7) is 13.3. The lowest BCUT2D eigenvalue weighted by Gasteiger charge is -2.53. The van der Waals surface area contributed by atoms with Crippen molar-refractivity contribution in [2.24, 2.45) is 0 Å². The van der Waals surface area contributed by atoms with Crippen molar-refractivity contribution in [3.8, 4) is 0 Å². The number of likely N-dealkylation sites (N-methyl/N-ethyl adjacent to an activating group) is 1. The van der Waals surface area contributed by atoms with Crippen molar-refractivity contribution in [2.45, 2.75) is 44.9 Å². The first kappa shape index (κ1) is 11.4. The van der Waals surface area contributed by atoms with E-state index in [1.54, 1.807) is 0 Å². The normalized spacial score (nSPS) is 43.6. The van der Waals surface area contributed by atoms with Gasteiger partial charge in [0.05, 0.1) is 17.7 Å². The van der Waals surface area contributed by atoms with Crippen molar-refractivity contribution < 1.29 is 4.74 Å². The molecule has 2 heterocycles. The summed E-state index contributed by atoms with van der Waals surface area (Å²) >= 11 is 0. The van der Waals surface area contributed by atoms with Crippen LogP contribution in [0.25, 0.3) is 0 Å². The lowest BCUT2D eigenvalue weighted by atomic mass is 9.82. The number of ether oxygens (including phenoxy) is 1. The highest BCUT2D eigenvalue weighted by Crippen LogP contribution is 2.41. The molecule has 0 bridgehead atoms. The second-order valence-electron chi connectivity index (χ2n) is 5.81. The first-order valence-electron chi connectivity index (χ1n) is 5.98. The third-order valence-electron chi connectivity index (χ3n) is 4.30. The number of rotatable bonds is 1. The molecule has 2 fully saturated rings. The lowest BCUT2D eigenvalue weighted by molar-refractivity contribution is -0.165. The Morgan fingerprint density at radius 2 is 1.87 bits per heavy atom. The van der Waals surface area contributed by atoms with Crippen LogP contribution in [0.2, 0.25) is 0 Å². The Kier molecular flexibility index (Phi) is 2.61. The van der Waals surface area contributed by atoms with E-state index in [0.717, 1.165) is 26.2 Å². The van der Waals surface area contributed by atoms with Crippen LogP contribution in [0.4, 0.5) is 0 Å². The minimum absolute atomic E-state index is 0.00424. The van der Waals surface area contributed by atoms with E-state index < -0.39 is 0 Å². The van der Waals surface area contributed by atoms with Crippen molar-refractivity contribution in [2.75, 3.05) is 33.3 Å². The van der Waals surface area contributed by atoms with Gasteiger partial charge >= 0.3 is 0 Å². The second kappa shape index (κ2) is 3.44. The molecule has 2 saturated heterocycles. The van der Waals surface area contributed by atoms with Crippen molar-refractivity contribution >= 4 is 0 Å². The van der Waals surface area contributed by atoms with Gasteiger partial charge in [-0.1, -0.05) is 0 Å². The summed E-state index contributed by atoms with van der Waals surface area (Å²) in [6, 6.07) is 0.602. The molecule has 0 aromatic carbocycles. The summed E-state index contributed by atoms with van der Waals surface area (Å²) in [7, 11) is 2.19. The first-order valence-corrected chi connectivity index (χ1v) is 5.98. The van der Waals surface area contributed by atoms with Crippen molar-refractivity contribution in [1.29, 1.82) is 0 Å². The van der Waals surface area contributed by atoms with Gasteiger partial charge in [0.25, 0.3) is 0 Å². The van der Waals surface area contributed by atoms with Crippen LogP contribution in [0.15, 0.2) is 0 Å². The maximum absolute atomic E-state index is 6.06. The number of hydrogen-bond donors (Lipinski definition) is 0. The first-order chi connectivity index (χ1) is 6.89. The minimum atomic E-state index is 0.00424. The highest BCUT2D eigenvalue weighted by molar-refractivity contribution is 5.13. The molecule has 0 spiro atoms. The maximum Gasteiger partial charge on any atom is 0.0973 e. The Morgan fingerprint density at radius 3 is 2.47 bits per heavy atom. The average molecular weight is 212 g/mol. The van der Waals surface area contributed by atoms with Crippen molar-refractivity contribution in [3.05, 3.63) is 0 Å². The fourth-order valence-corrected chi connectivity index (χ4v) is 3.47. The molecular weight excluding hydrogens is 188 g/mol. The highest BCUT2D eigenvalue weighted by Gasteiger charge is 2.57. The predicted octanol–water partition coefficient (Wildman–Crippen LogP) is 1.19. The summed E-state index contributed by atoms with van der Waals surface area (Å²) in [4.78, 5) is 5.00. The zero-order chi connectivity index (χ0) is 11.3. The van der Waals surface area contributed by atoms with Gasteiger partial charge in [-0.2, -0.15) is 0 Å². The standard InChI is InChI=1S/C12H24N2O/c1-10(2)14-6-7-15-12(4)9-13(5)8-11(12,14)3/h10H,6-9H2,1-5H3/t11-,12+/m1/s1. The van der Waals surface area contributed by atoms with Crippen LogP contribution in [0.1, 0.15) is 27.7 Å². The zero-order valence-electron chi connectivity index (χ0n) is 10.7. The lowest BCUT2D eigenvalue weighted by Crippen LogP contribution is -2.67. The van der Waals surface area contributed by atoms with Gasteiger partial charge in [-0.05, 0) is 34.7 Å². The fraction of sp³-hybridized carbons (Fsp3) is 1.00. The Bertz CT molecular complexity index is 256. The Labute approximate surface area is 93.4 Å². The second-order valence-corrected chi connectivity index (χ2v) is 5.81. The number of fused-ring (bicyclic) bond motifs is 1. The minimum Gasteiger partial charge on any atom is -0.371 e. The van der Waals surface area contributed by atoms with Crippen molar-refractivity contribution in [3.63, 3.8) is 0 Å². The highest BCUT2D eigenvalue weighted by atomic mass is 16.5. The average Bonchev–Trinajstić information content (AvgIpc) is 2.32. The third-order valence-corrected chi connectivity index (χ3v) is 4.30. The number of hydrogen-bond acceptors (Lipinski definition) is 3. The monoisotopic (exact) mass is 212 g/mol. The van der Waals surface area contributed by atoms with Gasteiger partial charge in [-0.15, -0.1) is 0 Å². The third kappa shape index (κ3) is 1.52. The van der Waals surface area contributed by atoms with Gasteiger partial charge < -0.3 is 9.64 Å². The van der Waals surface area contributed by atoms with Crippen molar-refractivity contribution in [1.82, 2.24) is 9.80 Å². The Balaban J connectivity index is 2.31. The molecule has 2 aliphatic heterocycles. The summed E-state index contributed by atoms with van der Waals surface area (Å²) in [5, 5.41) is 0. The van der Waals surface area contributed by atoms with Crippen LogP contribution in [0, 0.1) is 0 Å². The predicted molar refractivity (Wildman–Crippen MR) is 62.1 cm³/mol. The molecule has 0 aromatic heterocycles. The van der Waals surface area contributed by atoms with Crippen LogP contribution >= 0.6 is 0 Å². The van der Waals surface area contributed by atoms with E-state index in [1.165, 1.54) is 0 Å². The molecule has 0 aromatic rings. The van der Waals surface area contributed by atoms with E-state index in [4.69, 9.17) is 4.74 Å². The molecule has 0 amide bonds. The SMILES string of the molecule is CC(C)N1CCO[C@@]2(C)CN(C)C[C@@]12C. The molecule has 88 valence electrons. The molecule has 15 heavy (non-hydrogen) atoms. The van der Waals surface area contributed by atoms with Crippen LogP contribution in [0.5, 0.6) is 0 Å². The molecular formula is C12H24N2O. The van der Waals surface area contributed by atoms with Crippen LogP contribution in [-0.4, -0.2) is 60.3 Å². The maximum atomic E-state index is 6.06. The fourth-order valence-electron chi connectivity index (χ4n) is 3.47. The van der Waals surface area contributed by atoms with Gasteiger partial charge in [0, 0.05) is 25.7 Å². The molecule has 3 nitrogen and oxygen atoms in total. The quantitative estimate of drug-likeness (QED) is 0.649. The number of likely N-dealkylation sites (tertiary alicyclic amines) is 1. The van der Waals surface area contributed by atoms with Gasteiger partial charge in [0.15, 0.2) is 0 Å². The summed E-state index contributed by atoms with van der Waals surface area (Å²) in [6.07, 6.45) is 0. The molecule has 0 radical (unpaired) electrons. The van der Waals surface area contributed by atoms with Crippen LogP contribution in [0.3, 0.4) is 0 Å². The zero-order valence-corrected chi connectivity index (χ0v) is 10.7. The Morgan fingerprint density at radius 1 is 1.20 bits per heavy atom. The topological polar surface area (TPSA) is 15.7 Å². The largest absolute Gasteiger partial charge is 0.371 e. The molecule has 0 saturated carbocycles. The van der Waals surface area contributed by atoms with Gasteiger partial charge in [0.1, 0.15) is 0 Å². The summed E-state index contributed by atoms with van der Waals surface area (Å²) in [5.74, 6) is 0. The molecule has 2 aliphatic rings.